The maximum atomic E-state index is 14.5. The van der Waals surface area contributed by atoms with Gasteiger partial charge in [-0.2, -0.15) is 10.5 Å². The van der Waals surface area contributed by atoms with Crippen molar-refractivity contribution in [2.45, 2.75) is 105 Å². The van der Waals surface area contributed by atoms with Gasteiger partial charge in [-0.3, -0.25) is 19.9 Å². The molecule has 39 heavy (non-hydrogen) atoms. The van der Waals surface area contributed by atoms with Crippen LogP contribution in [0.2, 0.25) is 0 Å². The lowest BCUT2D eigenvalue weighted by atomic mass is 9.35. The number of rotatable bonds is 1. The highest BCUT2D eigenvalue weighted by Gasteiger charge is 2.72. The van der Waals surface area contributed by atoms with Gasteiger partial charge in [0.2, 0.25) is 0 Å². The third-order valence-corrected chi connectivity index (χ3v) is 12.9. The molecule has 6 nitrogen and oxygen atoms in total. The van der Waals surface area contributed by atoms with Crippen molar-refractivity contribution in [1.82, 2.24) is 5.32 Å². The Morgan fingerprint density at radius 2 is 1.69 bits per heavy atom. The third kappa shape index (κ3) is 3.27. The van der Waals surface area contributed by atoms with Gasteiger partial charge in [0.05, 0.1) is 11.1 Å². The first-order valence-electron chi connectivity index (χ1n) is 14.9. The molecule has 6 heteroatoms. The molecule has 0 bridgehead atoms. The van der Waals surface area contributed by atoms with Crippen LogP contribution in [0.25, 0.3) is 0 Å². The summed E-state index contributed by atoms with van der Waals surface area (Å²) in [5.74, 6) is 0.999. The van der Waals surface area contributed by atoms with Gasteiger partial charge in [0.1, 0.15) is 11.9 Å². The second kappa shape index (κ2) is 7.93. The van der Waals surface area contributed by atoms with E-state index in [1.165, 1.54) is 0 Å². The predicted molar refractivity (Wildman–Crippen MR) is 149 cm³/mol. The Labute approximate surface area is 233 Å². The highest BCUT2D eigenvalue weighted by Crippen LogP contribution is 2.76. The zero-order valence-electron chi connectivity index (χ0n) is 24.4. The number of nitrogens with one attached hydrogen (secondary N) is 1. The Kier molecular flexibility index (Phi) is 5.39. The summed E-state index contributed by atoms with van der Waals surface area (Å²) >= 11 is 0. The molecule has 0 aliphatic heterocycles. The van der Waals surface area contributed by atoms with Gasteiger partial charge in [0.15, 0.2) is 17.8 Å². The number of nitrogens with zero attached hydrogens (tertiary/aromatic N) is 3. The molecule has 1 spiro atoms. The van der Waals surface area contributed by atoms with Gasteiger partial charge in [-0.25, -0.2) is 0 Å². The van der Waals surface area contributed by atoms with Crippen LogP contribution in [0.3, 0.4) is 0 Å². The smallest absolute Gasteiger partial charge is 0.182 e. The number of aliphatic imine (C=N–C) groups is 1. The first-order valence-corrected chi connectivity index (χ1v) is 14.9. The number of hydrogen-bond donors (Lipinski definition) is 1. The molecule has 0 radical (unpaired) electrons. The standard InChI is InChI=1S/C33H42N4O2/c1-20(36-19-35)37-33-13-9-28(2,3)17-22(33)26-23(38)15-25-29(4)16-21(18-34)27(39)32(11-12-32)24(29)7-8-30(25,5)31(26,6)10-14-33/h15-16,22,24,26H,7-14,17H2,1-6H3,(H,36,37)/t22-,24-,26+,29+,30-,31-,33+/m1/s1. The summed E-state index contributed by atoms with van der Waals surface area (Å²) < 4.78 is 0. The minimum atomic E-state index is -0.460. The van der Waals surface area contributed by atoms with Crippen molar-refractivity contribution in [2.75, 3.05) is 0 Å². The first-order chi connectivity index (χ1) is 18.2. The molecule has 4 fully saturated rings. The number of fused-ring (bicyclic) bond motifs is 8. The van der Waals surface area contributed by atoms with Gasteiger partial charge < -0.3 is 0 Å². The molecule has 7 atom stereocenters. The maximum absolute atomic E-state index is 14.5. The van der Waals surface area contributed by atoms with E-state index in [-0.39, 0.29) is 51.1 Å². The lowest BCUT2D eigenvalue weighted by Crippen LogP contribution is -2.65. The average Bonchev–Trinajstić information content (AvgIpc) is 3.65. The van der Waals surface area contributed by atoms with Gasteiger partial charge >= 0.3 is 0 Å². The van der Waals surface area contributed by atoms with E-state index >= 15 is 0 Å². The molecule has 0 unspecified atom stereocenters. The highest BCUT2D eigenvalue weighted by atomic mass is 16.1. The summed E-state index contributed by atoms with van der Waals surface area (Å²) in [4.78, 5) is 33.0. The van der Waals surface area contributed by atoms with E-state index in [1.54, 1.807) is 0 Å². The van der Waals surface area contributed by atoms with Crippen molar-refractivity contribution in [2.24, 2.45) is 49.8 Å². The molecule has 6 rings (SSSR count). The number of carbonyl (C=O) groups excluding carboxylic acids is 2. The van der Waals surface area contributed by atoms with E-state index in [2.05, 4.69) is 46.0 Å². The number of amidine groups is 1. The van der Waals surface area contributed by atoms with Crippen molar-refractivity contribution in [3.8, 4) is 12.3 Å². The zero-order valence-corrected chi connectivity index (χ0v) is 24.4. The molecule has 0 heterocycles. The summed E-state index contributed by atoms with van der Waals surface area (Å²) in [6, 6.07) is 2.23. The third-order valence-electron chi connectivity index (χ3n) is 12.9. The van der Waals surface area contributed by atoms with E-state index < -0.39 is 10.8 Å². The summed E-state index contributed by atoms with van der Waals surface area (Å²) in [5.41, 5.74) is -0.0756. The van der Waals surface area contributed by atoms with E-state index in [9.17, 15) is 20.1 Å². The molecule has 0 aromatic rings. The Morgan fingerprint density at radius 1 is 1.00 bits per heavy atom. The number of nitriles is 2. The van der Waals surface area contributed by atoms with Crippen LogP contribution in [-0.2, 0) is 9.59 Å². The Balaban J connectivity index is 1.51. The average molecular weight is 527 g/mol. The molecule has 1 N–H and O–H groups in total. The number of carbonyl (C=O) groups is 2. The fourth-order valence-corrected chi connectivity index (χ4v) is 10.6. The predicted octanol–water partition coefficient (Wildman–Crippen LogP) is 6.20. The largest absolute Gasteiger partial charge is 0.295 e. The van der Waals surface area contributed by atoms with Gasteiger partial charge in [-0.05, 0) is 98.9 Å². The van der Waals surface area contributed by atoms with E-state index in [1.807, 2.05) is 25.3 Å². The molecular weight excluding hydrogens is 484 g/mol. The molecule has 6 aliphatic rings. The number of Topliss-reactive ketones (excluding diaryl/α,β-unsaturated/α-hetero) is 1. The van der Waals surface area contributed by atoms with Crippen LogP contribution in [0.15, 0.2) is 28.3 Å². The van der Waals surface area contributed by atoms with Crippen LogP contribution in [0, 0.1) is 67.6 Å². The number of ketones is 2. The van der Waals surface area contributed by atoms with Crippen LogP contribution in [0.5, 0.6) is 0 Å². The SMILES string of the molecule is CC(=N[C@]12CCC(C)(C)C[C@@H]1[C@H]1C(=O)C=C3[C@@]4(C)C=C(C#N)C(=O)C5(CC5)[C@@H]4CC[C@@]3(C)[C@]1(C)CC2)NC#N. The summed E-state index contributed by atoms with van der Waals surface area (Å²) in [6.45, 7) is 13.4. The van der Waals surface area contributed by atoms with E-state index in [4.69, 9.17) is 4.99 Å². The highest BCUT2D eigenvalue weighted by molar-refractivity contribution is 6.06. The zero-order chi connectivity index (χ0) is 28.2. The fraction of sp³-hybridized carbons (Fsp3) is 0.727. The lowest BCUT2D eigenvalue weighted by molar-refractivity contribution is -0.156. The van der Waals surface area contributed by atoms with Gasteiger partial charge in [-0.1, -0.05) is 46.3 Å². The molecule has 0 aromatic heterocycles. The summed E-state index contributed by atoms with van der Waals surface area (Å²) in [6.07, 6.45) is 14.3. The maximum Gasteiger partial charge on any atom is 0.182 e. The fourth-order valence-electron chi connectivity index (χ4n) is 10.6. The first kappa shape index (κ1) is 26.5. The van der Waals surface area contributed by atoms with Gasteiger partial charge in [0, 0.05) is 16.7 Å². The molecule has 0 saturated heterocycles. The minimum Gasteiger partial charge on any atom is -0.295 e. The molecular formula is C33H42N4O2. The summed E-state index contributed by atoms with van der Waals surface area (Å²) in [7, 11) is 0. The van der Waals surface area contributed by atoms with Crippen molar-refractivity contribution in [1.29, 1.82) is 10.5 Å². The minimum absolute atomic E-state index is 0.0361. The number of hydrogen-bond acceptors (Lipinski definition) is 5. The quantitative estimate of drug-likeness (QED) is 0.189. The molecule has 0 aromatic carbocycles. The lowest BCUT2D eigenvalue weighted by Gasteiger charge is -2.68. The molecule has 206 valence electrons. The van der Waals surface area contributed by atoms with Gasteiger partial charge in [-0.15, -0.1) is 0 Å². The van der Waals surface area contributed by atoms with Crippen LogP contribution in [0.1, 0.15) is 99.3 Å². The van der Waals surface area contributed by atoms with Crippen LogP contribution < -0.4 is 5.32 Å². The van der Waals surface area contributed by atoms with Gasteiger partial charge in [0.25, 0.3) is 0 Å². The van der Waals surface area contributed by atoms with Crippen molar-refractivity contribution in [3.63, 3.8) is 0 Å². The molecule has 6 aliphatic carbocycles. The van der Waals surface area contributed by atoms with E-state index in [0.717, 1.165) is 63.4 Å². The topological polar surface area (TPSA) is 106 Å². The molecule has 0 amide bonds. The second-order valence-electron chi connectivity index (χ2n) is 15.2. The van der Waals surface area contributed by atoms with Crippen molar-refractivity contribution < 1.29 is 9.59 Å². The summed E-state index contributed by atoms with van der Waals surface area (Å²) in [5, 5.41) is 21.9. The Morgan fingerprint density at radius 3 is 2.33 bits per heavy atom. The Bertz CT molecular complexity index is 1350. The number of allylic oxidation sites excluding steroid dienone is 4. The van der Waals surface area contributed by atoms with E-state index in [0.29, 0.717) is 11.4 Å². The monoisotopic (exact) mass is 526 g/mol. The van der Waals surface area contributed by atoms with Crippen molar-refractivity contribution >= 4 is 17.4 Å². The van der Waals surface area contributed by atoms with Crippen LogP contribution in [-0.4, -0.2) is 22.9 Å². The van der Waals surface area contributed by atoms with Crippen molar-refractivity contribution in [3.05, 3.63) is 23.3 Å². The normalized spacial score (nSPS) is 45.3. The Hall–Kier alpha value is -2.73. The van der Waals surface area contributed by atoms with Crippen LogP contribution >= 0.6 is 0 Å². The second-order valence-corrected chi connectivity index (χ2v) is 15.2. The molecule has 4 saturated carbocycles. The van der Waals surface area contributed by atoms with Crippen LogP contribution in [0.4, 0.5) is 0 Å².